The number of benzene rings is 1. The van der Waals surface area contributed by atoms with Crippen molar-refractivity contribution in [2.75, 3.05) is 7.05 Å². The lowest BCUT2D eigenvalue weighted by Gasteiger charge is -2.16. The van der Waals surface area contributed by atoms with Gasteiger partial charge in [-0.15, -0.1) is 0 Å². The third-order valence-electron chi connectivity index (χ3n) is 2.76. The number of aliphatic hydroxyl groups is 1. The van der Waals surface area contributed by atoms with Crippen LogP contribution in [0.25, 0.3) is 0 Å². The maximum atomic E-state index is 12.3. The van der Waals surface area contributed by atoms with E-state index in [-0.39, 0.29) is 23.7 Å². The van der Waals surface area contributed by atoms with Crippen molar-refractivity contribution in [1.82, 2.24) is 14.5 Å². The van der Waals surface area contributed by atoms with E-state index in [9.17, 15) is 8.42 Å². The van der Waals surface area contributed by atoms with Gasteiger partial charge in [-0.1, -0.05) is 30.3 Å². The lowest BCUT2D eigenvalue weighted by atomic mass is 10.2. The van der Waals surface area contributed by atoms with Crippen molar-refractivity contribution >= 4 is 10.0 Å². The number of aromatic nitrogens is 2. The average molecular weight is 281 g/mol. The second-order valence-electron chi connectivity index (χ2n) is 4.13. The average Bonchev–Trinajstić information content (AvgIpc) is 2.88. The number of aromatic amines is 1. The minimum Gasteiger partial charge on any atom is -0.392 e. The summed E-state index contributed by atoms with van der Waals surface area (Å²) in [6, 6.07) is 9.28. The van der Waals surface area contributed by atoms with E-state index >= 15 is 0 Å². The third-order valence-corrected chi connectivity index (χ3v) is 4.58. The molecule has 7 heteroatoms. The Morgan fingerprint density at radius 3 is 2.63 bits per heavy atom. The smallest absolute Gasteiger partial charge is 0.260 e. The Labute approximate surface area is 111 Å². The largest absolute Gasteiger partial charge is 0.392 e. The Kier molecular flexibility index (Phi) is 3.98. The van der Waals surface area contributed by atoms with Crippen LogP contribution in [0.1, 0.15) is 11.1 Å². The van der Waals surface area contributed by atoms with Gasteiger partial charge in [0.15, 0.2) is 5.03 Å². The molecule has 102 valence electrons. The van der Waals surface area contributed by atoms with Gasteiger partial charge in [-0.05, 0) is 5.56 Å². The zero-order valence-corrected chi connectivity index (χ0v) is 11.3. The van der Waals surface area contributed by atoms with Gasteiger partial charge in [0, 0.05) is 19.2 Å². The number of sulfonamides is 1. The summed E-state index contributed by atoms with van der Waals surface area (Å²) in [5.41, 5.74) is 1.15. The van der Waals surface area contributed by atoms with Crippen LogP contribution in [0.5, 0.6) is 0 Å². The van der Waals surface area contributed by atoms with Crippen LogP contribution in [0.15, 0.2) is 41.6 Å². The summed E-state index contributed by atoms with van der Waals surface area (Å²) < 4.78 is 25.9. The van der Waals surface area contributed by atoms with Gasteiger partial charge in [0.05, 0.1) is 12.8 Å². The first-order valence-electron chi connectivity index (χ1n) is 5.69. The van der Waals surface area contributed by atoms with Gasteiger partial charge in [0.25, 0.3) is 10.0 Å². The van der Waals surface area contributed by atoms with Crippen LogP contribution in [0.3, 0.4) is 0 Å². The maximum Gasteiger partial charge on any atom is 0.260 e. The van der Waals surface area contributed by atoms with Crippen LogP contribution >= 0.6 is 0 Å². The Morgan fingerprint density at radius 2 is 2.00 bits per heavy atom. The summed E-state index contributed by atoms with van der Waals surface area (Å²) in [5.74, 6) is 0. The molecule has 1 aromatic carbocycles. The summed E-state index contributed by atoms with van der Waals surface area (Å²) in [4.78, 5) is 0. The minimum atomic E-state index is -3.68. The number of aliphatic hydroxyl groups excluding tert-OH is 1. The molecule has 0 saturated carbocycles. The summed E-state index contributed by atoms with van der Waals surface area (Å²) in [6.07, 6.45) is 1.31. The van der Waals surface area contributed by atoms with E-state index in [2.05, 4.69) is 10.2 Å². The van der Waals surface area contributed by atoms with Gasteiger partial charge in [0.1, 0.15) is 0 Å². The highest BCUT2D eigenvalue weighted by molar-refractivity contribution is 7.89. The predicted octanol–water partition coefficient (Wildman–Crippen LogP) is 0.723. The van der Waals surface area contributed by atoms with E-state index in [4.69, 9.17) is 5.11 Å². The molecule has 2 N–H and O–H groups in total. The first-order chi connectivity index (χ1) is 9.05. The fourth-order valence-corrected chi connectivity index (χ4v) is 2.96. The highest BCUT2D eigenvalue weighted by atomic mass is 32.2. The molecule has 0 radical (unpaired) electrons. The molecule has 0 spiro atoms. The highest BCUT2D eigenvalue weighted by Gasteiger charge is 2.25. The van der Waals surface area contributed by atoms with Crippen molar-refractivity contribution in [1.29, 1.82) is 0 Å². The van der Waals surface area contributed by atoms with Gasteiger partial charge in [-0.25, -0.2) is 8.42 Å². The number of hydrogen-bond donors (Lipinski definition) is 2. The fourth-order valence-electron chi connectivity index (χ4n) is 1.72. The molecule has 0 bridgehead atoms. The van der Waals surface area contributed by atoms with E-state index in [0.29, 0.717) is 0 Å². The number of H-pyrrole nitrogens is 1. The minimum absolute atomic E-state index is 0.0616. The molecule has 0 aliphatic heterocycles. The Hall–Kier alpha value is -1.70. The highest BCUT2D eigenvalue weighted by Crippen LogP contribution is 2.18. The zero-order chi connectivity index (χ0) is 13.9. The molecule has 2 aromatic rings. The molecule has 0 amide bonds. The number of hydrogen-bond acceptors (Lipinski definition) is 4. The van der Waals surface area contributed by atoms with Gasteiger partial charge in [-0.3, -0.25) is 5.10 Å². The Bertz CT molecular complexity index is 637. The number of nitrogens with zero attached hydrogens (tertiary/aromatic N) is 2. The van der Waals surface area contributed by atoms with Crippen molar-refractivity contribution in [3.63, 3.8) is 0 Å². The molecule has 19 heavy (non-hydrogen) atoms. The summed E-state index contributed by atoms with van der Waals surface area (Å²) in [5, 5.41) is 15.1. The topological polar surface area (TPSA) is 86.3 Å². The van der Waals surface area contributed by atoms with E-state index in [1.807, 2.05) is 30.3 Å². The molecular weight excluding hydrogens is 266 g/mol. The molecule has 1 aromatic heterocycles. The van der Waals surface area contributed by atoms with Crippen LogP contribution < -0.4 is 0 Å². The predicted molar refractivity (Wildman–Crippen MR) is 69.6 cm³/mol. The molecule has 1 heterocycles. The normalized spacial score (nSPS) is 11.9. The zero-order valence-electron chi connectivity index (χ0n) is 10.4. The molecular formula is C12H15N3O3S. The van der Waals surface area contributed by atoms with E-state index in [0.717, 1.165) is 5.56 Å². The lowest BCUT2D eigenvalue weighted by Crippen LogP contribution is -2.27. The van der Waals surface area contributed by atoms with Crippen LogP contribution in [-0.2, 0) is 23.2 Å². The van der Waals surface area contributed by atoms with Gasteiger partial charge < -0.3 is 5.11 Å². The molecule has 0 aliphatic carbocycles. The van der Waals surface area contributed by atoms with Crippen molar-refractivity contribution in [2.45, 2.75) is 18.2 Å². The van der Waals surface area contributed by atoms with Crippen LogP contribution in [0.4, 0.5) is 0 Å². The molecule has 0 aliphatic rings. The van der Waals surface area contributed by atoms with Gasteiger partial charge in [0.2, 0.25) is 0 Å². The van der Waals surface area contributed by atoms with Crippen molar-refractivity contribution in [2.24, 2.45) is 0 Å². The molecule has 0 fully saturated rings. The summed E-state index contributed by atoms with van der Waals surface area (Å²) >= 11 is 0. The van der Waals surface area contributed by atoms with Crippen molar-refractivity contribution in [3.05, 3.63) is 47.7 Å². The lowest BCUT2D eigenvalue weighted by molar-refractivity contribution is 0.278. The van der Waals surface area contributed by atoms with Crippen LogP contribution in [-0.4, -0.2) is 35.1 Å². The number of nitrogens with one attached hydrogen (secondary N) is 1. The van der Waals surface area contributed by atoms with E-state index in [1.165, 1.54) is 17.5 Å². The summed E-state index contributed by atoms with van der Waals surface area (Å²) in [7, 11) is -2.19. The second-order valence-corrected chi connectivity index (χ2v) is 6.11. The van der Waals surface area contributed by atoms with Crippen molar-refractivity contribution in [3.8, 4) is 0 Å². The number of rotatable bonds is 5. The molecule has 2 rings (SSSR count). The van der Waals surface area contributed by atoms with E-state index in [1.54, 1.807) is 0 Å². The maximum absolute atomic E-state index is 12.3. The first kappa shape index (κ1) is 13.7. The van der Waals surface area contributed by atoms with Crippen molar-refractivity contribution < 1.29 is 13.5 Å². The van der Waals surface area contributed by atoms with Crippen LogP contribution in [0, 0.1) is 0 Å². The van der Waals surface area contributed by atoms with Gasteiger partial charge in [-0.2, -0.15) is 9.40 Å². The SMILES string of the molecule is CN(Cc1ccccc1)S(=O)(=O)c1[nH]ncc1CO. The standard InChI is InChI=1S/C12H15N3O3S/c1-15(8-10-5-3-2-4-6-10)19(17,18)12-11(9-16)7-13-14-12/h2-7,16H,8-9H2,1H3,(H,13,14). The second kappa shape index (κ2) is 5.52. The van der Waals surface area contributed by atoms with Gasteiger partial charge >= 0.3 is 0 Å². The first-order valence-corrected chi connectivity index (χ1v) is 7.13. The third kappa shape index (κ3) is 2.83. The Balaban J connectivity index is 2.25. The monoisotopic (exact) mass is 281 g/mol. The summed E-state index contributed by atoms with van der Waals surface area (Å²) in [6.45, 7) is -0.114. The van der Waals surface area contributed by atoms with Crippen LogP contribution in [0.2, 0.25) is 0 Å². The quantitative estimate of drug-likeness (QED) is 0.845. The molecule has 0 unspecified atom stereocenters. The molecule has 0 saturated heterocycles. The van der Waals surface area contributed by atoms with E-state index < -0.39 is 10.0 Å². The Morgan fingerprint density at radius 1 is 1.32 bits per heavy atom. The fraction of sp³-hybridized carbons (Fsp3) is 0.250. The molecule has 0 atom stereocenters. The molecule has 6 nitrogen and oxygen atoms in total.